The van der Waals surface area contributed by atoms with Gasteiger partial charge in [0.2, 0.25) is 5.78 Å². The third-order valence-corrected chi connectivity index (χ3v) is 5.39. The maximum absolute atomic E-state index is 12.6. The van der Waals surface area contributed by atoms with Crippen molar-refractivity contribution in [1.82, 2.24) is 0 Å². The lowest BCUT2D eigenvalue weighted by atomic mass is 10.1. The molecule has 0 bridgehead atoms. The smallest absolute Gasteiger partial charge is 0.231 e. The van der Waals surface area contributed by atoms with Crippen LogP contribution in [0.3, 0.4) is 0 Å². The number of allylic oxidation sites excluding steroid dienone is 1. The second-order valence-electron chi connectivity index (χ2n) is 6.91. The molecule has 30 heavy (non-hydrogen) atoms. The Bertz CT molecular complexity index is 1130. The monoisotopic (exact) mass is 462 g/mol. The van der Waals surface area contributed by atoms with Crippen LogP contribution in [0.4, 0.5) is 0 Å². The largest absolute Gasteiger partial charge is 0.485 e. The number of Topliss-reactive ketones (excluding diaryl/α,β-unsaturated/α-hetero) is 2. The van der Waals surface area contributed by atoms with Gasteiger partial charge in [-0.15, -0.1) is 0 Å². The van der Waals surface area contributed by atoms with Crippen molar-refractivity contribution in [2.75, 3.05) is 6.61 Å². The Morgan fingerprint density at radius 3 is 2.47 bits per heavy atom. The molecule has 0 unspecified atom stereocenters. The highest BCUT2D eigenvalue weighted by molar-refractivity contribution is 9.10. The number of ketones is 2. The molecule has 5 heteroatoms. The fraction of sp³-hybridized carbons (Fsp3) is 0.120. The third kappa shape index (κ3) is 4.36. The van der Waals surface area contributed by atoms with Crippen LogP contribution in [-0.2, 0) is 6.42 Å². The number of halogens is 1. The van der Waals surface area contributed by atoms with E-state index in [1.807, 2.05) is 36.4 Å². The number of hydrogen-bond donors (Lipinski definition) is 0. The van der Waals surface area contributed by atoms with E-state index in [1.165, 1.54) is 5.56 Å². The summed E-state index contributed by atoms with van der Waals surface area (Å²) in [6, 6.07) is 20.1. The number of carbonyl (C=O) groups is 2. The molecule has 0 saturated heterocycles. The van der Waals surface area contributed by atoms with E-state index >= 15 is 0 Å². The molecule has 3 aromatic carbocycles. The number of hydrogen-bond acceptors (Lipinski definition) is 4. The first-order valence-corrected chi connectivity index (χ1v) is 10.4. The van der Waals surface area contributed by atoms with Crippen LogP contribution in [0.25, 0.3) is 6.08 Å². The van der Waals surface area contributed by atoms with Crippen molar-refractivity contribution in [2.45, 2.75) is 13.3 Å². The predicted octanol–water partition coefficient (Wildman–Crippen LogP) is 5.89. The zero-order valence-electron chi connectivity index (χ0n) is 16.4. The second-order valence-corrected chi connectivity index (χ2v) is 7.83. The highest BCUT2D eigenvalue weighted by Gasteiger charge is 2.27. The van der Waals surface area contributed by atoms with Crippen LogP contribution in [0.1, 0.15) is 38.8 Å². The lowest BCUT2D eigenvalue weighted by Gasteiger charge is -2.07. The van der Waals surface area contributed by atoms with Gasteiger partial charge in [0.15, 0.2) is 18.1 Å². The Morgan fingerprint density at radius 1 is 1.03 bits per heavy atom. The molecular formula is C25H19BrO4. The number of rotatable bonds is 6. The van der Waals surface area contributed by atoms with E-state index in [4.69, 9.17) is 9.47 Å². The van der Waals surface area contributed by atoms with Crippen molar-refractivity contribution >= 4 is 33.6 Å². The van der Waals surface area contributed by atoms with Crippen molar-refractivity contribution in [1.29, 1.82) is 0 Å². The maximum atomic E-state index is 12.6. The fourth-order valence-corrected chi connectivity index (χ4v) is 3.39. The summed E-state index contributed by atoms with van der Waals surface area (Å²) in [5.41, 5.74) is 3.20. The van der Waals surface area contributed by atoms with Crippen molar-refractivity contribution < 1.29 is 19.1 Å². The minimum Gasteiger partial charge on any atom is -0.485 e. The molecule has 0 radical (unpaired) electrons. The predicted molar refractivity (Wildman–Crippen MR) is 119 cm³/mol. The molecule has 150 valence electrons. The number of benzene rings is 3. The third-order valence-electron chi connectivity index (χ3n) is 4.86. The Kier molecular flexibility index (Phi) is 5.81. The average molecular weight is 463 g/mol. The highest BCUT2D eigenvalue weighted by atomic mass is 79.9. The Labute approximate surface area is 183 Å². The van der Waals surface area contributed by atoms with Crippen molar-refractivity contribution in [3.63, 3.8) is 0 Å². The van der Waals surface area contributed by atoms with Gasteiger partial charge in [-0.25, -0.2) is 0 Å². The molecule has 0 fully saturated rings. The van der Waals surface area contributed by atoms with Crippen LogP contribution in [-0.4, -0.2) is 18.2 Å². The number of fused-ring (bicyclic) bond motifs is 1. The van der Waals surface area contributed by atoms with E-state index in [9.17, 15) is 9.59 Å². The van der Waals surface area contributed by atoms with Gasteiger partial charge in [-0.2, -0.15) is 0 Å². The molecule has 3 aromatic rings. The van der Waals surface area contributed by atoms with Crippen molar-refractivity contribution in [3.05, 3.63) is 99.2 Å². The molecule has 4 rings (SSSR count). The van der Waals surface area contributed by atoms with E-state index < -0.39 is 0 Å². The van der Waals surface area contributed by atoms with Crippen molar-refractivity contribution in [3.8, 4) is 11.5 Å². The van der Waals surface area contributed by atoms with Gasteiger partial charge in [0.1, 0.15) is 11.5 Å². The van der Waals surface area contributed by atoms with E-state index in [-0.39, 0.29) is 23.9 Å². The number of aryl methyl sites for hydroxylation is 1. The van der Waals surface area contributed by atoms with Gasteiger partial charge in [0.05, 0.1) is 5.56 Å². The molecule has 1 aliphatic heterocycles. The van der Waals surface area contributed by atoms with Crippen LogP contribution in [0.15, 0.2) is 77.0 Å². The van der Waals surface area contributed by atoms with E-state index in [0.29, 0.717) is 22.6 Å². The van der Waals surface area contributed by atoms with Gasteiger partial charge in [-0.05, 0) is 47.9 Å². The molecule has 0 amide bonds. The number of carbonyl (C=O) groups excluding carboxylic acids is 2. The van der Waals surface area contributed by atoms with Crippen molar-refractivity contribution in [2.24, 2.45) is 0 Å². The van der Waals surface area contributed by atoms with Gasteiger partial charge in [0.25, 0.3) is 0 Å². The normalized spacial score (nSPS) is 13.8. The first kappa shape index (κ1) is 20.1. The fourth-order valence-electron chi connectivity index (χ4n) is 3.13. The van der Waals surface area contributed by atoms with E-state index in [1.54, 1.807) is 36.4 Å². The van der Waals surface area contributed by atoms with Gasteiger partial charge < -0.3 is 9.47 Å². The van der Waals surface area contributed by atoms with Crippen LogP contribution in [0.2, 0.25) is 0 Å². The minimum atomic E-state index is -0.165. The zero-order chi connectivity index (χ0) is 21.1. The minimum absolute atomic E-state index is 0.0964. The number of ether oxygens (including phenoxy) is 2. The topological polar surface area (TPSA) is 52.6 Å². The molecule has 1 heterocycles. The van der Waals surface area contributed by atoms with E-state index in [0.717, 1.165) is 16.5 Å². The van der Waals surface area contributed by atoms with Crippen LogP contribution >= 0.6 is 15.9 Å². The summed E-state index contributed by atoms with van der Waals surface area (Å²) in [6.07, 6.45) is 2.70. The summed E-state index contributed by atoms with van der Waals surface area (Å²) in [5.74, 6) is 0.890. The van der Waals surface area contributed by atoms with Gasteiger partial charge in [0, 0.05) is 16.1 Å². The molecule has 4 nitrogen and oxygen atoms in total. The summed E-state index contributed by atoms with van der Waals surface area (Å²) in [6.45, 7) is 2.00. The Hall–Kier alpha value is -3.18. The molecule has 0 N–H and O–H groups in total. The molecule has 0 aliphatic carbocycles. The van der Waals surface area contributed by atoms with E-state index in [2.05, 4.69) is 22.9 Å². The summed E-state index contributed by atoms with van der Waals surface area (Å²) in [5, 5.41) is 0. The Morgan fingerprint density at radius 2 is 1.77 bits per heavy atom. The summed E-state index contributed by atoms with van der Waals surface area (Å²) in [7, 11) is 0. The van der Waals surface area contributed by atoms with Crippen LogP contribution < -0.4 is 9.47 Å². The molecule has 0 aromatic heterocycles. The van der Waals surface area contributed by atoms with Gasteiger partial charge in [-0.3, -0.25) is 9.59 Å². The summed E-state index contributed by atoms with van der Waals surface area (Å²) >= 11 is 3.35. The summed E-state index contributed by atoms with van der Waals surface area (Å²) in [4.78, 5) is 24.9. The molecule has 0 atom stereocenters. The lowest BCUT2D eigenvalue weighted by molar-refractivity contribution is 0.0921. The molecule has 0 spiro atoms. The second kappa shape index (κ2) is 8.67. The molecule has 1 aliphatic rings. The molecular weight excluding hydrogens is 444 g/mol. The SMILES string of the molecule is CCc1ccc(/C=C2\Oc3cc(OCC(=O)c4ccc(Br)cc4)ccc3C2=O)cc1. The average Bonchev–Trinajstić information content (AvgIpc) is 3.07. The van der Waals surface area contributed by atoms with Gasteiger partial charge >= 0.3 is 0 Å². The molecule has 0 saturated carbocycles. The van der Waals surface area contributed by atoms with Gasteiger partial charge in [-0.1, -0.05) is 59.3 Å². The zero-order valence-corrected chi connectivity index (χ0v) is 17.9. The first-order valence-electron chi connectivity index (χ1n) is 9.62. The van der Waals surface area contributed by atoms with Crippen LogP contribution in [0, 0.1) is 0 Å². The maximum Gasteiger partial charge on any atom is 0.231 e. The van der Waals surface area contributed by atoms with Crippen LogP contribution in [0.5, 0.6) is 11.5 Å². The first-order chi connectivity index (χ1) is 14.5. The standard InChI is InChI=1S/C25H19BrO4/c1-2-16-3-5-17(6-4-16)13-24-25(28)21-12-11-20(14-23(21)30-24)29-15-22(27)18-7-9-19(26)10-8-18/h3-14H,2,15H2,1H3/b24-13-. The highest BCUT2D eigenvalue weighted by Crippen LogP contribution is 2.35. The summed E-state index contributed by atoms with van der Waals surface area (Å²) < 4.78 is 12.3. The lowest BCUT2D eigenvalue weighted by Crippen LogP contribution is -2.11. The quantitative estimate of drug-likeness (QED) is 0.338. The Balaban J connectivity index is 1.45.